The predicted molar refractivity (Wildman–Crippen MR) is 128 cm³/mol. The van der Waals surface area contributed by atoms with Crippen LogP contribution in [0.2, 0.25) is 0 Å². The van der Waals surface area contributed by atoms with Crippen molar-refractivity contribution < 1.29 is 19.2 Å². The summed E-state index contributed by atoms with van der Waals surface area (Å²) in [6.07, 6.45) is 4.29. The van der Waals surface area contributed by atoms with E-state index in [0.29, 0.717) is 6.54 Å². The van der Waals surface area contributed by atoms with Gasteiger partial charge < -0.3 is 26.2 Å². The van der Waals surface area contributed by atoms with Gasteiger partial charge in [-0.2, -0.15) is 0 Å². The highest BCUT2D eigenvalue weighted by Crippen LogP contribution is 2.34. The maximum Gasteiger partial charge on any atom is 0.313 e. The highest BCUT2D eigenvalue weighted by Gasteiger charge is 2.34. The minimum absolute atomic E-state index is 0.0373. The summed E-state index contributed by atoms with van der Waals surface area (Å²) < 4.78 is 0. The Kier molecular flexibility index (Phi) is 7.83. The molecule has 10 heteroatoms. The number of anilines is 2. The number of benzene rings is 1. The van der Waals surface area contributed by atoms with E-state index in [9.17, 15) is 19.2 Å². The molecule has 1 aromatic carbocycles. The van der Waals surface area contributed by atoms with E-state index in [1.54, 1.807) is 19.0 Å². The van der Waals surface area contributed by atoms with Gasteiger partial charge >= 0.3 is 11.8 Å². The molecule has 3 rings (SSSR count). The van der Waals surface area contributed by atoms with E-state index in [0.717, 1.165) is 24.1 Å². The molecule has 0 radical (unpaired) electrons. The molecule has 1 saturated heterocycles. The van der Waals surface area contributed by atoms with E-state index in [2.05, 4.69) is 15.6 Å². The fraction of sp³-hybridized carbons (Fsp3) is 0.375. The van der Waals surface area contributed by atoms with Crippen molar-refractivity contribution in [2.24, 2.45) is 11.7 Å². The lowest BCUT2D eigenvalue weighted by Gasteiger charge is -2.38. The van der Waals surface area contributed by atoms with Crippen LogP contribution in [0, 0.1) is 5.92 Å². The van der Waals surface area contributed by atoms with Gasteiger partial charge in [-0.15, -0.1) is 0 Å². The second-order valence-electron chi connectivity index (χ2n) is 8.70. The number of likely N-dealkylation sites (N-methyl/N-ethyl adjacent to an activating group) is 1. The molecule has 1 aromatic heterocycles. The summed E-state index contributed by atoms with van der Waals surface area (Å²) in [5, 5.41) is 5.60. The summed E-state index contributed by atoms with van der Waals surface area (Å²) in [6.45, 7) is 2.68. The number of nitrogens with zero attached hydrogens (tertiary/aromatic N) is 3. The first-order chi connectivity index (χ1) is 16.2. The van der Waals surface area contributed by atoms with Gasteiger partial charge in [0.15, 0.2) is 0 Å². The van der Waals surface area contributed by atoms with Crippen molar-refractivity contribution in [2.45, 2.75) is 25.8 Å². The largest absolute Gasteiger partial charge is 0.376 e. The number of carbonyl (C=O) groups is 4. The number of nitrogens with two attached hydrogens (primary N) is 1. The molecule has 10 nitrogen and oxygen atoms in total. The van der Waals surface area contributed by atoms with Gasteiger partial charge in [0.1, 0.15) is 0 Å². The standard InChI is InChI=1S/C24H30N6O4/c1-15-4-9-20(16-5-7-18(8-6-16)27-13-21(31)29(2)3)30(14-15)24(34)23(33)28-19-10-17(22(25)32)11-26-12-19/h5-8,10-12,15,20,27H,4,9,13-14H2,1-3H3,(H2,25,32)(H,28,33)/t15-,20?/m0/s1. The second-order valence-corrected chi connectivity index (χ2v) is 8.70. The van der Waals surface area contributed by atoms with Gasteiger partial charge in [-0.3, -0.25) is 24.2 Å². The third kappa shape index (κ3) is 6.09. The van der Waals surface area contributed by atoms with Gasteiger partial charge in [0.2, 0.25) is 11.8 Å². The Morgan fingerprint density at radius 3 is 2.44 bits per heavy atom. The number of hydrogen-bond donors (Lipinski definition) is 3. The van der Waals surface area contributed by atoms with E-state index in [1.165, 1.54) is 23.4 Å². The first kappa shape index (κ1) is 24.7. The topological polar surface area (TPSA) is 138 Å². The van der Waals surface area contributed by atoms with Crippen LogP contribution in [0.25, 0.3) is 0 Å². The van der Waals surface area contributed by atoms with Gasteiger partial charge in [0.05, 0.1) is 30.0 Å². The number of carbonyl (C=O) groups excluding carboxylic acids is 4. The van der Waals surface area contributed by atoms with E-state index >= 15 is 0 Å². The smallest absolute Gasteiger partial charge is 0.313 e. The van der Waals surface area contributed by atoms with Crippen LogP contribution in [0.4, 0.5) is 11.4 Å². The predicted octanol–water partition coefficient (Wildman–Crippen LogP) is 1.62. The molecule has 0 aliphatic carbocycles. The Labute approximate surface area is 198 Å². The van der Waals surface area contributed by atoms with E-state index < -0.39 is 17.7 Å². The van der Waals surface area contributed by atoms with Crippen LogP contribution in [-0.2, 0) is 14.4 Å². The number of piperidine rings is 1. The van der Waals surface area contributed by atoms with E-state index in [1.807, 2.05) is 31.2 Å². The molecule has 4 N–H and O–H groups in total. The molecule has 1 fully saturated rings. The first-order valence-electron chi connectivity index (χ1n) is 11.1. The average molecular weight is 467 g/mol. The molecule has 1 unspecified atom stereocenters. The Balaban J connectivity index is 1.72. The zero-order chi connectivity index (χ0) is 24.8. The average Bonchev–Trinajstić information content (AvgIpc) is 2.82. The lowest BCUT2D eigenvalue weighted by molar-refractivity contribution is -0.146. The third-order valence-corrected chi connectivity index (χ3v) is 5.79. The molecule has 1 aliphatic heterocycles. The van der Waals surface area contributed by atoms with Gasteiger partial charge in [0, 0.05) is 32.5 Å². The Bertz CT molecular complexity index is 1070. The number of aromatic nitrogens is 1. The Morgan fingerprint density at radius 1 is 1.09 bits per heavy atom. The van der Waals surface area contributed by atoms with Crippen molar-refractivity contribution in [1.82, 2.24) is 14.8 Å². The van der Waals surface area contributed by atoms with Crippen LogP contribution in [0.3, 0.4) is 0 Å². The minimum atomic E-state index is -0.803. The molecule has 2 aromatic rings. The fourth-order valence-corrected chi connectivity index (χ4v) is 3.84. The molecule has 4 amide bonds. The highest BCUT2D eigenvalue weighted by molar-refractivity contribution is 6.39. The van der Waals surface area contributed by atoms with Crippen molar-refractivity contribution in [2.75, 3.05) is 37.8 Å². The van der Waals surface area contributed by atoms with Crippen LogP contribution < -0.4 is 16.4 Å². The summed E-state index contributed by atoms with van der Waals surface area (Å²) >= 11 is 0. The SMILES string of the molecule is C[C@H]1CCC(c2ccc(NCC(=O)N(C)C)cc2)N(C(=O)C(=O)Nc2cncc(C(N)=O)c2)C1. The highest BCUT2D eigenvalue weighted by atomic mass is 16.2. The zero-order valence-electron chi connectivity index (χ0n) is 19.6. The molecule has 2 heterocycles. The number of rotatable bonds is 6. The lowest BCUT2D eigenvalue weighted by atomic mass is 9.89. The van der Waals surface area contributed by atoms with E-state index in [-0.39, 0.29) is 35.7 Å². The van der Waals surface area contributed by atoms with Crippen molar-refractivity contribution in [3.63, 3.8) is 0 Å². The van der Waals surface area contributed by atoms with Crippen LogP contribution in [0.5, 0.6) is 0 Å². The number of hydrogen-bond acceptors (Lipinski definition) is 6. The number of amides is 4. The molecule has 34 heavy (non-hydrogen) atoms. The maximum absolute atomic E-state index is 13.1. The first-order valence-corrected chi connectivity index (χ1v) is 11.1. The summed E-state index contributed by atoms with van der Waals surface area (Å²) in [5.74, 6) is -1.91. The molecule has 0 bridgehead atoms. The van der Waals surface area contributed by atoms with Gasteiger partial charge in [-0.25, -0.2) is 0 Å². The summed E-state index contributed by atoms with van der Waals surface area (Å²) in [6, 6.07) is 8.66. The van der Waals surface area contributed by atoms with Gasteiger partial charge in [0.25, 0.3) is 0 Å². The minimum Gasteiger partial charge on any atom is -0.376 e. The molecule has 0 spiro atoms. The Hall–Kier alpha value is -3.95. The maximum atomic E-state index is 13.1. The molecule has 0 saturated carbocycles. The van der Waals surface area contributed by atoms with Crippen LogP contribution in [0.1, 0.15) is 41.7 Å². The third-order valence-electron chi connectivity index (χ3n) is 5.79. The monoisotopic (exact) mass is 466 g/mol. The van der Waals surface area contributed by atoms with Gasteiger partial charge in [-0.05, 0) is 42.5 Å². The number of pyridine rings is 1. The van der Waals surface area contributed by atoms with Crippen molar-refractivity contribution in [3.05, 3.63) is 53.9 Å². The zero-order valence-corrected chi connectivity index (χ0v) is 19.6. The molecular formula is C24H30N6O4. The summed E-state index contributed by atoms with van der Waals surface area (Å²) in [7, 11) is 3.40. The van der Waals surface area contributed by atoms with E-state index in [4.69, 9.17) is 5.73 Å². The summed E-state index contributed by atoms with van der Waals surface area (Å²) in [5.41, 5.74) is 7.32. The number of nitrogens with one attached hydrogen (secondary N) is 2. The van der Waals surface area contributed by atoms with Crippen LogP contribution in [0.15, 0.2) is 42.7 Å². The number of primary amides is 1. The molecule has 180 valence electrons. The summed E-state index contributed by atoms with van der Waals surface area (Å²) in [4.78, 5) is 56.0. The van der Waals surface area contributed by atoms with Crippen LogP contribution >= 0.6 is 0 Å². The van der Waals surface area contributed by atoms with Crippen molar-refractivity contribution >= 4 is 35.0 Å². The van der Waals surface area contributed by atoms with Crippen LogP contribution in [-0.4, -0.2) is 65.6 Å². The molecular weight excluding hydrogens is 436 g/mol. The van der Waals surface area contributed by atoms with Crippen molar-refractivity contribution in [1.29, 1.82) is 0 Å². The van der Waals surface area contributed by atoms with Crippen molar-refractivity contribution in [3.8, 4) is 0 Å². The fourth-order valence-electron chi connectivity index (χ4n) is 3.84. The number of likely N-dealkylation sites (tertiary alicyclic amines) is 1. The lowest BCUT2D eigenvalue weighted by Crippen LogP contribution is -2.46. The quantitative estimate of drug-likeness (QED) is 0.553. The van der Waals surface area contributed by atoms with Gasteiger partial charge in [-0.1, -0.05) is 19.1 Å². The molecule has 2 atom stereocenters. The Morgan fingerprint density at radius 2 is 1.79 bits per heavy atom. The second kappa shape index (κ2) is 10.8. The normalized spacial score (nSPS) is 17.6. The molecule has 1 aliphatic rings.